The van der Waals surface area contributed by atoms with E-state index in [4.69, 9.17) is 16.7 Å². The topological polar surface area (TPSA) is 69.6 Å². The predicted molar refractivity (Wildman–Crippen MR) is 83.8 cm³/mol. The molecule has 2 rings (SSSR count). The third-order valence-electron chi connectivity index (χ3n) is 2.60. The number of nitrogens with one attached hydrogen (secondary N) is 1. The van der Waals surface area contributed by atoms with Crippen LogP contribution in [0.3, 0.4) is 0 Å². The largest absolute Gasteiger partial charge is 0.480 e. The average molecular weight is 413 g/mol. The van der Waals surface area contributed by atoms with Crippen LogP contribution in [0, 0.1) is 3.57 Å². The van der Waals surface area contributed by atoms with Crippen LogP contribution in [0.2, 0.25) is 5.02 Å². The Bertz CT molecular complexity index is 529. The van der Waals surface area contributed by atoms with Crippen LogP contribution in [0.4, 0.5) is 10.5 Å². The standard InChI is InChI=1S/C11H10ClIN2O3S/c12-7-3-6(13)1-2-8(7)14-11(18)15-5-19-4-9(15)10(16)17/h1-3,9H,4-5H2,(H,14,18)(H,16,17)/t9-/m0/s1. The summed E-state index contributed by atoms with van der Waals surface area (Å²) in [6, 6.07) is 4.01. The number of carbonyl (C=O) groups is 2. The maximum Gasteiger partial charge on any atom is 0.327 e. The second-order valence-electron chi connectivity index (χ2n) is 3.88. The van der Waals surface area contributed by atoms with Crippen LogP contribution >= 0.6 is 46.0 Å². The van der Waals surface area contributed by atoms with Crippen molar-refractivity contribution in [1.82, 2.24) is 4.90 Å². The summed E-state index contributed by atoms with van der Waals surface area (Å²) in [5.74, 6) is -0.220. The molecule has 1 saturated heterocycles. The van der Waals surface area contributed by atoms with Gasteiger partial charge in [0, 0.05) is 9.32 Å². The van der Waals surface area contributed by atoms with Gasteiger partial charge >= 0.3 is 12.0 Å². The molecule has 1 aromatic carbocycles. The van der Waals surface area contributed by atoms with Crippen LogP contribution in [-0.4, -0.2) is 39.7 Å². The average Bonchev–Trinajstić information content (AvgIpc) is 2.82. The summed E-state index contributed by atoms with van der Waals surface area (Å²) in [4.78, 5) is 24.4. The summed E-state index contributed by atoms with van der Waals surface area (Å²) in [7, 11) is 0. The van der Waals surface area contributed by atoms with E-state index in [1.54, 1.807) is 12.1 Å². The first kappa shape index (κ1) is 14.7. The Hall–Kier alpha value is -0.670. The number of amides is 2. The maximum atomic E-state index is 12.0. The van der Waals surface area contributed by atoms with E-state index in [0.29, 0.717) is 22.3 Å². The lowest BCUT2D eigenvalue weighted by molar-refractivity contribution is -0.140. The fourth-order valence-electron chi connectivity index (χ4n) is 1.63. The van der Waals surface area contributed by atoms with Crippen molar-refractivity contribution >= 4 is 63.6 Å². The van der Waals surface area contributed by atoms with Crippen molar-refractivity contribution in [2.45, 2.75) is 6.04 Å². The van der Waals surface area contributed by atoms with Crippen LogP contribution < -0.4 is 5.32 Å². The van der Waals surface area contributed by atoms with Gasteiger partial charge in [0.05, 0.1) is 16.6 Å². The van der Waals surface area contributed by atoms with Gasteiger partial charge in [-0.3, -0.25) is 0 Å². The van der Waals surface area contributed by atoms with Crippen molar-refractivity contribution in [2.24, 2.45) is 0 Å². The fourth-order valence-corrected chi connectivity index (χ4v) is 3.67. The van der Waals surface area contributed by atoms with Crippen LogP contribution in [0.25, 0.3) is 0 Å². The van der Waals surface area contributed by atoms with E-state index in [9.17, 15) is 9.59 Å². The van der Waals surface area contributed by atoms with Crippen molar-refractivity contribution in [1.29, 1.82) is 0 Å². The number of carboxylic acids is 1. The molecular formula is C11H10ClIN2O3S. The van der Waals surface area contributed by atoms with Gasteiger partial charge in [-0.25, -0.2) is 9.59 Å². The number of carbonyl (C=O) groups excluding carboxylic acids is 1. The highest BCUT2D eigenvalue weighted by Gasteiger charge is 2.34. The van der Waals surface area contributed by atoms with E-state index >= 15 is 0 Å². The molecule has 0 aliphatic carbocycles. The van der Waals surface area contributed by atoms with Crippen LogP contribution in [0.5, 0.6) is 0 Å². The molecule has 1 fully saturated rings. The number of rotatable bonds is 2. The van der Waals surface area contributed by atoms with Gasteiger partial charge in [-0.15, -0.1) is 11.8 Å². The molecule has 1 heterocycles. The van der Waals surface area contributed by atoms with E-state index in [2.05, 4.69) is 27.9 Å². The number of anilines is 1. The first-order chi connectivity index (χ1) is 8.99. The summed E-state index contributed by atoms with van der Waals surface area (Å²) in [5, 5.41) is 12.1. The summed E-state index contributed by atoms with van der Waals surface area (Å²) >= 11 is 9.55. The Labute approximate surface area is 132 Å². The molecule has 8 heteroatoms. The quantitative estimate of drug-likeness (QED) is 0.733. The molecule has 0 radical (unpaired) electrons. The molecule has 2 amide bonds. The van der Waals surface area contributed by atoms with E-state index in [0.717, 1.165) is 3.57 Å². The summed E-state index contributed by atoms with van der Waals surface area (Å²) in [6.07, 6.45) is 0. The van der Waals surface area contributed by atoms with E-state index in [1.807, 2.05) is 6.07 Å². The van der Waals surface area contributed by atoms with Gasteiger partial charge in [0.15, 0.2) is 0 Å². The molecule has 0 saturated carbocycles. The molecule has 1 atom stereocenters. The van der Waals surface area contributed by atoms with Crippen LogP contribution in [0.1, 0.15) is 0 Å². The molecule has 1 aromatic rings. The van der Waals surface area contributed by atoms with Crippen molar-refractivity contribution in [3.8, 4) is 0 Å². The van der Waals surface area contributed by atoms with Gasteiger partial charge in [0.1, 0.15) is 6.04 Å². The highest BCUT2D eigenvalue weighted by atomic mass is 127. The number of hydrogen-bond donors (Lipinski definition) is 2. The highest BCUT2D eigenvalue weighted by molar-refractivity contribution is 14.1. The van der Waals surface area contributed by atoms with Crippen molar-refractivity contribution in [3.63, 3.8) is 0 Å². The molecule has 0 aromatic heterocycles. The zero-order chi connectivity index (χ0) is 14.0. The summed E-state index contributed by atoms with van der Waals surface area (Å²) in [6.45, 7) is 0. The van der Waals surface area contributed by atoms with E-state index in [1.165, 1.54) is 16.7 Å². The summed E-state index contributed by atoms with van der Waals surface area (Å²) in [5.41, 5.74) is 0.480. The molecule has 0 bridgehead atoms. The number of benzene rings is 1. The fraction of sp³-hybridized carbons (Fsp3) is 0.273. The third-order valence-corrected chi connectivity index (χ3v) is 4.60. The minimum Gasteiger partial charge on any atom is -0.480 e. The molecule has 0 unspecified atom stereocenters. The number of nitrogens with zero attached hydrogens (tertiary/aromatic N) is 1. The Morgan fingerprint density at radius 3 is 2.89 bits per heavy atom. The van der Waals surface area contributed by atoms with E-state index < -0.39 is 18.0 Å². The number of hydrogen-bond acceptors (Lipinski definition) is 3. The van der Waals surface area contributed by atoms with Crippen molar-refractivity contribution < 1.29 is 14.7 Å². The van der Waals surface area contributed by atoms with Gasteiger partial charge in [0.25, 0.3) is 0 Å². The van der Waals surface area contributed by atoms with Gasteiger partial charge in [-0.05, 0) is 40.8 Å². The second kappa shape index (κ2) is 6.19. The van der Waals surface area contributed by atoms with Crippen LogP contribution in [-0.2, 0) is 4.79 Å². The Morgan fingerprint density at radius 1 is 1.53 bits per heavy atom. The Kier molecular flexibility index (Phi) is 4.80. The Morgan fingerprint density at radius 2 is 2.26 bits per heavy atom. The molecule has 19 heavy (non-hydrogen) atoms. The van der Waals surface area contributed by atoms with Crippen molar-refractivity contribution in [2.75, 3.05) is 16.9 Å². The lowest BCUT2D eigenvalue weighted by atomic mass is 10.3. The maximum absolute atomic E-state index is 12.0. The van der Waals surface area contributed by atoms with Crippen molar-refractivity contribution in [3.05, 3.63) is 26.8 Å². The van der Waals surface area contributed by atoms with Crippen LogP contribution in [0.15, 0.2) is 18.2 Å². The predicted octanol–water partition coefficient (Wildman–Crippen LogP) is 2.94. The molecule has 102 valence electrons. The Balaban J connectivity index is 2.10. The smallest absolute Gasteiger partial charge is 0.327 e. The molecular weight excluding hydrogens is 403 g/mol. The third kappa shape index (κ3) is 3.46. The first-order valence-corrected chi connectivity index (χ1v) is 7.93. The lowest BCUT2D eigenvalue weighted by Crippen LogP contribution is -2.44. The molecule has 1 aliphatic heterocycles. The van der Waals surface area contributed by atoms with Gasteiger partial charge in [-0.1, -0.05) is 11.6 Å². The zero-order valence-electron chi connectivity index (χ0n) is 9.60. The summed E-state index contributed by atoms with van der Waals surface area (Å²) < 4.78 is 0.959. The molecule has 0 spiro atoms. The van der Waals surface area contributed by atoms with E-state index in [-0.39, 0.29) is 0 Å². The first-order valence-electron chi connectivity index (χ1n) is 5.32. The second-order valence-corrected chi connectivity index (χ2v) is 6.53. The molecule has 5 nitrogen and oxygen atoms in total. The normalized spacial score (nSPS) is 18.4. The highest BCUT2D eigenvalue weighted by Crippen LogP contribution is 2.26. The number of halogens is 2. The van der Waals surface area contributed by atoms with Gasteiger partial charge in [-0.2, -0.15) is 0 Å². The van der Waals surface area contributed by atoms with Gasteiger partial charge in [0.2, 0.25) is 0 Å². The zero-order valence-corrected chi connectivity index (χ0v) is 13.3. The number of thioether (sulfide) groups is 1. The minimum atomic E-state index is -0.992. The number of carboxylic acid groups (broad SMARTS) is 1. The minimum absolute atomic E-state index is 0.366. The molecule has 1 aliphatic rings. The molecule has 2 N–H and O–H groups in total. The number of aliphatic carboxylic acids is 1. The number of urea groups is 1. The van der Waals surface area contributed by atoms with Gasteiger partial charge < -0.3 is 15.3 Å². The monoisotopic (exact) mass is 412 g/mol. The lowest BCUT2D eigenvalue weighted by Gasteiger charge is -2.21. The SMILES string of the molecule is O=C(O)[C@@H]1CSCN1C(=O)Nc1ccc(I)cc1Cl.